The molecule has 0 spiro atoms. The Labute approximate surface area is 194 Å². The van der Waals surface area contributed by atoms with Crippen molar-refractivity contribution in [3.8, 4) is 17.6 Å². The Kier molecular flexibility index (Phi) is 7.66. The molecule has 7 nitrogen and oxygen atoms in total. The fourth-order valence-corrected chi connectivity index (χ4v) is 4.61. The van der Waals surface area contributed by atoms with E-state index in [4.69, 9.17) is 14.2 Å². The highest BCUT2D eigenvalue weighted by Gasteiger charge is 2.21. The van der Waals surface area contributed by atoms with Crippen molar-refractivity contribution >= 4 is 61.1 Å². The van der Waals surface area contributed by atoms with Crippen LogP contribution in [0.4, 0.5) is 0 Å². The first-order valence-electron chi connectivity index (χ1n) is 8.76. The van der Waals surface area contributed by atoms with Gasteiger partial charge in [0.05, 0.1) is 24.1 Å². The van der Waals surface area contributed by atoms with Gasteiger partial charge in [-0.2, -0.15) is 5.26 Å². The van der Waals surface area contributed by atoms with Crippen molar-refractivity contribution in [2.75, 3.05) is 33.4 Å². The molecule has 1 aliphatic rings. The lowest BCUT2D eigenvalue weighted by molar-refractivity contribution is -0.130. The van der Waals surface area contributed by atoms with Crippen molar-refractivity contribution < 1.29 is 23.8 Å². The van der Waals surface area contributed by atoms with E-state index in [-0.39, 0.29) is 17.2 Å². The van der Waals surface area contributed by atoms with Gasteiger partial charge < -0.3 is 19.1 Å². The molecule has 1 aromatic heterocycles. The Morgan fingerprint density at radius 1 is 1.23 bits per heavy atom. The number of hydrogen-bond donors (Lipinski definition) is 0. The molecule has 2 aromatic rings. The van der Waals surface area contributed by atoms with Crippen LogP contribution in [0.3, 0.4) is 0 Å². The van der Waals surface area contributed by atoms with Crippen molar-refractivity contribution in [2.24, 2.45) is 0 Å². The molecule has 30 heavy (non-hydrogen) atoms. The standard InChI is InChI=1S/C20H16Br2N2O5S/c1-27-16-9-12(8-13(11-23)19(25)24-4-6-28-7-5-24)2-3-15(16)29-20(26)17-10-14(21)18(22)30-17/h2-3,8-10H,4-7H2,1H3/b13-8+. The van der Waals surface area contributed by atoms with Gasteiger partial charge in [-0.05, 0) is 61.7 Å². The van der Waals surface area contributed by atoms with Crippen molar-refractivity contribution in [1.82, 2.24) is 4.90 Å². The number of thiophene rings is 1. The normalized spacial score (nSPS) is 14.2. The molecule has 0 saturated carbocycles. The topological polar surface area (TPSA) is 88.9 Å². The predicted molar refractivity (Wildman–Crippen MR) is 119 cm³/mol. The number of rotatable bonds is 5. The van der Waals surface area contributed by atoms with Crippen molar-refractivity contribution in [3.05, 3.63) is 48.5 Å². The molecule has 10 heteroatoms. The van der Waals surface area contributed by atoms with Gasteiger partial charge in [-0.3, -0.25) is 4.79 Å². The molecule has 0 bridgehead atoms. The number of nitriles is 1. The minimum Gasteiger partial charge on any atom is -0.493 e. The average Bonchev–Trinajstić information content (AvgIpc) is 3.11. The van der Waals surface area contributed by atoms with Gasteiger partial charge in [0.2, 0.25) is 0 Å². The number of amides is 1. The molecule has 0 atom stereocenters. The Morgan fingerprint density at radius 2 is 1.97 bits per heavy atom. The molecule has 0 radical (unpaired) electrons. The van der Waals surface area contributed by atoms with Crippen molar-refractivity contribution in [1.29, 1.82) is 5.26 Å². The second-order valence-electron chi connectivity index (χ2n) is 6.11. The molecule has 1 fully saturated rings. The fourth-order valence-electron chi connectivity index (χ4n) is 2.70. The number of carbonyl (C=O) groups is 2. The largest absolute Gasteiger partial charge is 0.493 e. The summed E-state index contributed by atoms with van der Waals surface area (Å²) < 4.78 is 17.6. The van der Waals surface area contributed by atoms with E-state index in [0.717, 1.165) is 8.26 Å². The highest BCUT2D eigenvalue weighted by Crippen LogP contribution is 2.34. The van der Waals surface area contributed by atoms with Crippen LogP contribution in [-0.2, 0) is 9.53 Å². The Hall–Kier alpha value is -2.19. The Morgan fingerprint density at radius 3 is 2.57 bits per heavy atom. The second kappa shape index (κ2) is 10.2. The zero-order valence-corrected chi connectivity index (χ0v) is 19.8. The number of halogens is 2. The molecular formula is C20H16Br2N2O5S. The summed E-state index contributed by atoms with van der Waals surface area (Å²) >= 11 is 7.93. The van der Waals surface area contributed by atoms with Crippen molar-refractivity contribution in [2.45, 2.75) is 0 Å². The summed E-state index contributed by atoms with van der Waals surface area (Å²) in [6, 6.07) is 8.44. The summed E-state index contributed by atoms with van der Waals surface area (Å²) in [6.07, 6.45) is 1.49. The van der Waals surface area contributed by atoms with Crippen LogP contribution in [0.25, 0.3) is 6.08 Å². The minimum atomic E-state index is -0.520. The van der Waals surface area contributed by atoms with Crippen LogP contribution < -0.4 is 9.47 Å². The van der Waals surface area contributed by atoms with E-state index in [0.29, 0.717) is 42.5 Å². The number of esters is 1. The highest BCUT2D eigenvalue weighted by molar-refractivity contribution is 9.13. The molecule has 1 aromatic carbocycles. The number of methoxy groups -OCH3 is 1. The van der Waals surface area contributed by atoms with E-state index in [1.54, 1.807) is 29.2 Å². The van der Waals surface area contributed by atoms with E-state index in [9.17, 15) is 14.9 Å². The molecule has 0 aliphatic carbocycles. The summed E-state index contributed by atoms with van der Waals surface area (Å²) in [5.74, 6) is -0.321. The zero-order valence-electron chi connectivity index (χ0n) is 15.8. The number of nitrogens with zero attached hydrogens (tertiary/aromatic N) is 2. The summed E-state index contributed by atoms with van der Waals surface area (Å²) in [4.78, 5) is 27.0. The lowest BCUT2D eigenvalue weighted by Crippen LogP contribution is -2.41. The van der Waals surface area contributed by atoms with Gasteiger partial charge in [0.25, 0.3) is 5.91 Å². The molecular weight excluding hydrogens is 540 g/mol. The van der Waals surface area contributed by atoms with Crippen LogP contribution in [0.15, 0.2) is 38.1 Å². The van der Waals surface area contributed by atoms with Gasteiger partial charge in [0.1, 0.15) is 16.5 Å². The number of ether oxygens (including phenoxy) is 3. The van der Waals surface area contributed by atoms with Gasteiger partial charge in [-0.25, -0.2) is 4.79 Å². The summed E-state index contributed by atoms with van der Waals surface area (Å²) in [5.41, 5.74) is 0.586. The molecule has 2 heterocycles. The fraction of sp³-hybridized carbons (Fsp3) is 0.250. The van der Waals surface area contributed by atoms with E-state index < -0.39 is 5.97 Å². The van der Waals surface area contributed by atoms with Gasteiger partial charge in [-0.15, -0.1) is 11.3 Å². The zero-order chi connectivity index (χ0) is 21.7. The summed E-state index contributed by atoms with van der Waals surface area (Å²) in [7, 11) is 1.45. The van der Waals surface area contributed by atoms with Gasteiger partial charge in [0, 0.05) is 17.6 Å². The monoisotopic (exact) mass is 554 g/mol. The van der Waals surface area contributed by atoms with Crippen LogP contribution in [0, 0.1) is 11.3 Å². The van der Waals surface area contributed by atoms with E-state index in [1.165, 1.54) is 24.5 Å². The van der Waals surface area contributed by atoms with Crippen LogP contribution in [-0.4, -0.2) is 50.2 Å². The van der Waals surface area contributed by atoms with E-state index >= 15 is 0 Å². The number of carbonyl (C=O) groups excluding carboxylic acids is 2. The predicted octanol–water partition coefficient (Wildman–Crippen LogP) is 4.27. The van der Waals surface area contributed by atoms with E-state index in [1.807, 2.05) is 6.07 Å². The maximum Gasteiger partial charge on any atom is 0.353 e. The van der Waals surface area contributed by atoms with Crippen LogP contribution >= 0.6 is 43.2 Å². The molecule has 0 N–H and O–H groups in total. The molecule has 3 rings (SSSR count). The van der Waals surface area contributed by atoms with Crippen LogP contribution in [0.2, 0.25) is 0 Å². The second-order valence-corrected chi connectivity index (χ2v) is 9.33. The first kappa shape index (κ1) is 22.5. The lowest BCUT2D eigenvalue weighted by Gasteiger charge is -2.26. The third kappa shape index (κ3) is 5.29. The van der Waals surface area contributed by atoms with Crippen molar-refractivity contribution in [3.63, 3.8) is 0 Å². The summed E-state index contributed by atoms with van der Waals surface area (Å²) in [6.45, 7) is 1.81. The third-order valence-electron chi connectivity index (χ3n) is 4.20. The molecule has 1 saturated heterocycles. The van der Waals surface area contributed by atoms with Gasteiger partial charge in [-0.1, -0.05) is 6.07 Å². The number of benzene rings is 1. The Bertz CT molecular complexity index is 1020. The molecule has 0 unspecified atom stereocenters. The minimum absolute atomic E-state index is 0.0111. The highest BCUT2D eigenvalue weighted by atomic mass is 79.9. The van der Waals surface area contributed by atoms with Crippen LogP contribution in [0.1, 0.15) is 15.2 Å². The summed E-state index contributed by atoms with van der Waals surface area (Å²) in [5, 5.41) is 9.43. The van der Waals surface area contributed by atoms with E-state index in [2.05, 4.69) is 31.9 Å². The van der Waals surface area contributed by atoms with Gasteiger partial charge >= 0.3 is 5.97 Å². The van der Waals surface area contributed by atoms with Gasteiger partial charge in [0.15, 0.2) is 11.5 Å². The maximum atomic E-state index is 12.6. The first-order valence-corrected chi connectivity index (χ1v) is 11.2. The number of morpholine rings is 1. The number of hydrogen-bond acceptors (Lipinski definition) is 7. The SMILES string of the molecule is COc1cc(/C=C(\C#N)C(=O)N2CCOCC2)ccc1OC(=O)c1cc(Br)c(Br)s1. The lowest BCUT2D eigenvalue weighted by atomic mass is 10.1. The molecule has 1 aliphatic heterocycles. The van der Waals surface area contributed by atoms with Crippen LogP contribution in [0.5, 0.6) is 11.5 Å². The third-order valence-corrected chi connectivity index (χ3v) is 7.43. The molecule has 1 amide bonds. The first-order chi connectivity index (χ1) is 14.4. The average molecular weight is 556 g/mol. The molecule has 156 valence electrons. The quantitative estimate of drug-likeness (QED) is 0.237. The Balaban J connectivity index is 1.80. The maximum absolute atomic E-state index is 12.6. The smallest absolute Gasteiger partial charge is 0.353 e.